The Bertz CT molecular complexity index is 630. The van der Waals surface area contributed by atoms with Crippen LogP contribution in [0.2, 0.25) is 0 Å². The fourth-order valence-corrected chi connectivity index (χ4v) is 2.11. The summed E-state index contributed by atoms with van der Waals surface area (Å²) in [6, 6.07) is 7.37. The minimum Gasteiger partial charge on any atom is -0.338 e. The number of carbonyl (C=O) groups is 1. The first-order chi connectivity index (χ1) is 10.1. The number of likely N-dealkylation sites (tertiary alicyclic amines) is 1. The summed E-state index contributed by atoms with van der Waals surface area (Å²) in [7, 11) is 0. The number of rotatable bonds is 2. The molecule has 1 heterocycles. The van der Waals surface area contributed by atoms with E-state index in [0.717, 1.165) is 31.5 Å². The quantitative estimate of drug-likeness (QED) is 0.460. The number of carbonyl (C=O) groups excluding carboxylic acids is 1. The molecule has 106 valence electrons. The first-order valence-corrected chi connectivity index (χ1v) is 6.99. The van der Waals surface area contributed by atoms with Crippen LogP contribution >= 0.6 is 0 Å². The Balaban J connectivity index is 2.06. The molecule has 0 atom stereocenters. The Morgan fingerprint density at radius 3 is 2.38 bits per heavy atom. The standard InChI is InChI=1S/C19H19NO/c1-4-15(2)5-6-17-7-9-18(10-8-17)19(21)20-13-11-16(3)12-14-20/h4,7-10H,1-3,11-14H2. The van der Waals surface area contributed by atoms with Gasteiger partial charge in [0.1, 0.15) is 0 Å². The van der Waals surface area contributed by atoms with Gasteiger partial charge in [-0.05, 0) is 37.1 Å². The highest BCUT2D eigenvalue weighted by Crippen LogP contribution is 2.16. The Morgan fingerprint density at radius 1 is 1.19 bits per heavy atom. The van der Waals surface area contributed by atoms with E-state index in [-0.39, 0.29) is 5.91 Å². The number of amides is 1. The lowest BCUT2D eigenvalue weighted by molar-refractivity contribution is 0.0744. The van der Waals surface area contributed by atoms with Gasteiger partial charge in [0.25, 0.3) is 5.91 Å². The van der Waals surface area contributed by atoms with Crippen molar-refractivity contribution in [3.8, 4) is 11.8 Å². The zero-order chi connectivity index (χ0) is 15.2. The van der Waals surface area contributed by atoms with E-state index in [2.05, 4.69) is 31.6 Å². The molecule has 1 amide bonds. The van der Waals surface area contributed by atoms with E-state index in [9.17, 15) is 4.79 Å². The van der Waals surface area contributed by atoms with Crippen molar-refractivity contribution < 1.29 is 4.79 Å². The maximum atomic E-state index is 12.4. The molecule has 2 nitrogen and oxygen atoms in total. The smallest absolute Gasteiger partial charge is 0.253 e. The minimum absolute atomic E-state index is 0.0810. The van der Waals surface area contributed by atoms with Crippen LogP contribution < -0.4 is 0 Å². The molecule has 0 saturated carbocycles. The predicted molar refractivity (Wildman–Crippen MR) is 86.9 cm³/mol. The van der Waals surface area contributed by atoms with Crippen molar-refractivity contribution in [3.05, 3.63) is 72.4 Å². The van der Waals surface area contributed by atoms with Gasteiger partial charge in [-0.15, -0.1) is 0 Å². The van der Waals surface area contributed by atoms with Gasteiger partial charge in [0.2, 0.25) is 0 Å². The second-order valence-corrected chi connectivity index (χ2v) is 5.10. The molecule has 1 aliphatic rings. The first-order valence-electron chi connectivity index (χ1n) is 6.99. The third-order valence-electron chi connectivity index (χ3n) is 3.50. The van der Waals surface area contributed by atoms with Crippen LogP contribution in [0.1, 0.15) is 28.8 Å². The maximum absolute atomic E-state index is 12.4. The third kappa shape index (κ3) is 3.97. The average Bonchev–Trinajstić information content (AvgIpc) is 2.53. The molecule has 2 heteroatoms. The zero-order valence-electron chi connectivity index (χ0n) is 12.2. The van der Waals surface area contributed by atoms with Gasteiger partial charge >= 0.3 is 0 Å². The van der Waals surface area contributed by atoms with Crippen molar-refractivity contribution in [2.75, 3.05) is 13.1 Å². The van der Waals surface area contributed by atoms with Crippen molar-refractivity contribution in [1.82, 2.24) is 4.90 Å². The van der Waals surface area contributed by atoms with E-state index in [4.69, 9.17) is 0 Å². The second-order valence-electron chi connectivity index (χ2n) is 5.10. The molecule has 1 aliphatic heterocycles. The lowest BCUT2D eigenvalue weighted by Gasteiger charge is -2.28. The van der Waals surface area contributed by atoms with Gasteiger partial charge in [-0.3, -0.25) is 4.79 Å². The number of nitrogens with zero attached hydrogens (tertiary/aromatic N) is 1. The molecule has 0 aromatic heterocycles. The van der Waals surface area contributed by atoms with Crippen LogP contribution in [0.3, 0.4) is 0 Å². The molecule has 2 rings (SSSR count). The van der Waals surface area contributed by atoms with Crippen LogP contribution in [0, 0.1) is 11.8 Å². The van der Waals surface area contributed by atoms with Gasteiger partial charge in [-0.1, -0.05) is 43.2 Å². The highest BCUT2D eigenvalue weighted by Gasteiger charge is 2.19. The summed E-state index contributed by atoms with van der Waals surface area (Å²) >= 11 is 0. The fourth-order valence-electron chi connectivity index (χ4n) is 2.11. The molecular formula is C19H19NO. The zero-order valence-corrected chi connectivity index (χ0v) is 12.2. The molecular weight excluding hydrogens is 258 g/mol. The van der Waals surface area contributed by atoms with E-state index >= 15 is 0 Å². The van der Waals surface area contributed by atoms with E-state index in [1.807, 2.05) is 29.2 Å². The molecule has 1 saturated heterocycles. The van der Waals surface area contributed by atoms with Crippen LogP contribution in [-0.4, -0.2) is 23.9 Å². The van der Waals surface area contributed by atoms with E-state index in [0.29, 0.717) is 11.1 Å². The Labute approximate surface area is 126 Å². The highest BCUT2D eigenvalue weighted by molar-refractivity contribution is 5.94. The molecule has 0 spiro atoms. The molecule has 1 fully saturated rings. The Kier molecular flexibility index (Phi) is 4.79. The number of hydrogen-bond acceptors (Lipinski definition) is 1. The fraction of sp³-hybridized carbons (Fsp3) is 0.211. The van der Waals surface area contributed by atoms with Crippen molar-refractivity contribution in [2.24, 2.45) is 0 Å². The summed E-state index contributed by atoms with van der Waals surface area (Å²) in [6.45, 7) is 12.8. The largest absolute Gasteiger partial charge is 0.338 e. The van der Waals surface area contributed by atoms with Crippen molar-refractivity contribution in [2.45, 2.75) is 12.8 Å². The third-order valence-corrected chi connectivity index (χ3v) is 3.50. The lowest BCUT2D eigenvalue weighted by Crippen LogP contribution is -2.36. The van der Waals surface area contributed by atoms with Crippen LogP contribution in [0.15, 0.2) is 61.2 Å². The first kappa shape index (κ1) is 14.9. The van der Waals surface area contributed by atoms with Crippen LogP contribution in [-0.2, 0) is 0 Å². The van der Waals surface area contributed by atoms with Crippen molar-refractivity contribution >= 4 is 5.91 Å². The van der Waals surface area contributed by atoms with Crippen molar-refractivity contribution in [1.29, 1.82) is 0 Å². The van der Waals surface area contributed by atoms with E-state index < -0.39 is 0 Å². The van der Waals surface area contributed by atoms with Crippen molar-refractivity contribution in [3.63, 3.8) is 0 Å². The topological polar surface area (TPSA) is 20.3 Å². The SMILES string of the molecule is C=CC(=C)C#Cc1ccc(C(=O)N2CCC(=C)CC2)cc1. The molecule has 0 bridgehead atoms. The van der Waals surface area contributed by atoms with Gasteiger partial charge in [0.05, 0.1) is 0 Å². The predicted octanol–water partition coefficient (Wildman–Crippen LogP) is 3.57. The maximum Gasteiger partial charge on any atom is 0.253 e. The molecule has 0 unspecified atom stereocenters. The normalized spacial score (nSPS) is 14.1. The molecule has 1 aromatic rings. The number of benzene rings is 1. The van der Waals surface area contributed by atoms with Gasteiger partial charge in [-0.25, -0.2) is 0 Å². The summed E-state index contributed by atoms with van der Waals surface area (Å²) in [6.07, 6.45) is 3.42. The van der Waals surface area contributed by atoms with E-state index in [1.165, 1.54) is 5.57 Å². The van der Waals surface area contributed by atoms with Crippen LogP contribution in [0.5, 0.6) is 0 Å². The molecule has 0 aliphatic carbocycles. The number of hydrogen-bond donors (Lipinski definition) is 0. The van der Waals surface area contributed by atoms with Gasteiger partial charge < -0.3 is 4.90 Å². The van der Waals surface area contributed by atoms with Crippen LogP contribution in [0.4, 0.5) is 0 Å². The number of allylic oxidation sites excluding steroid dienone is 2. The summed E-state index contributed by atoms with van der Waals surface area (Å²) in [5.74, 6) is 5.97. The van der Waals surface area contributed by atoms with Crippen LogP contribution in [0.25, 0.3) is 0 Å². The van der Waals surface area contributed by atoms with E-state index in [1.54, 1.807) is 6.08 Å². The monoisotopic (exact) mass is 277 g/mol. The van der Waals surface area contributed by atoms with Gasteiger partial charge in [0, 0.05) is 29.8 Å². The Hall–Kier alpha value is -2.53. The summed E-state index contributed by atoms with van der Waals surface area (Å²) in [5.41, 5.74) is 3.48. The Morgan fingerprint density at radius 2 is 1.81 bits per heavy atom. The second kappa shape index (κ2) is 6.76. The highest BCUT2D eigenvalue weighted by atomic mass is 16.2. The minimum atomic E-state index is 0.0810. The summed E-state index contributed by atoms with van der Waals surface area (Å²) in [4.78, 5) is 14.2. The molecule has 1 aromatic carbocycles. The molecule has 21 heavy (non-hydrogen) atoms. The summed E-state index contributed by atoms with van der Waals surface area (Å²) < 4.78 is 0. The average molecular weight is 277 g/mol. The molecule has 0 radical (unpaired) electrons. The van der Waals surface area contributed by atoms with Gasteiger partial charge in [-0.2, -0.15) is 0 Å². The van der Waals surface area contributed by atoms with Gasteiger partial charge in [0.15, 0.2) is 0 Å². The molecule has 0 N–H and O–H groups in total. The summed E-state index contributed by atoms with van der Waals surface area (Å²) in [5, 5.41) is 0. The number of piperidine rings is 1. The lowest BCUT2D eigenvalue weighted by atomic mass is 10.0.